The van der Waals surface area contributed by atoms with Gasteiger partial charge in [-0.1, -0.05) is 95.1 Å². The molecule has 1 aliphatic carbocycles. The molecule has 10 heteroatoms. The third kappa shape index (κ3) is 5.73. The molecule has 7 nitrogen and oxygen atoms in total. The van der Waals surface area contributed by atoms with Gasteiger partial charge >= 0.3 is 0 Å². The van der Waals surface area contributed by atoms with Gasteiger partial charge in [0.1, 0.15) is 0 Å². The second-order valence-corrected chi connectivity index (χ2v) is 23.8. The van der Waals surface area contributed by atoms with Crippen LogP contribution < -0.4 is 0 Å². The summed E-state index contributed by atoms with van der Waals surface area (Å²) in [5.41, 5.74) is 6.38. The molecule has 0 saturated heterocycles. The Morgan fingerprint density at radius 3 is 1.85 bits per heavy atom. The summed E-state index contributed by atoms with van der Waals surface area (Å²) in [6.45, 7) is 18.1. The summed E-state index contributed by atoms with van der Waals surface area (Å²) >= 11 is 0. The maximum atomic E-state index is 14.5. The molecule has 1 aromatic heterocycles. The van der Waals surface area contributed by atoms with Gasteiger partial charge in [-0.25, -0.2) is 20.8 Å². The van der Waals surface area contributed by atoms with Crippen molar-refractivity contribution >= 4 is 44.8 Å². The lowest BCUT2D eigenvalue weighted by Gasteiger charge is -2.45. The number of rotatable bonds is 10. The molecule has 2 aliphatic rings. The zero-order valence-corrected chi connectivity index (χ0v) is 31.9. The fourth-order valence-electron chi connectivity index (χ4n) is 8.34. The van der Waals surface area contributed by atoms with Gasteiger partial charge in [0.2, 0.25) is 10.0 Å². The highest BCUT2D eigenvalue weighted by Gasteiger charge is 2.47. The number of nitrogens with zero attached hydrogens (tertiary/aromatic N) is 2. The number of aryl methyl sites for hydroxylation is 2. The van der Waals surface area contributed by atoms with E-state index in [0.717, 1.165) is 33.2 Å². The summed E-state index contributed by atoms with van der Waals surface area (Å²) in [6, 6.07) is 19.1. The summed E-state index contributed by atoms with van der Waals surface area (Å²) < 4.78 is 67.1. The third-order valence-electron chi connectivity index (χ3n) is 10.6. The van der Waals surface area contributed by atoms with Gasteiger partial charge in [0.05, 0.1) is 21.3 Å². The van der Waals surface area contributed by atoms with Crippen molar-refractivity contribution in [3.63, 3.8) is 0 Å². The lowest BCUT2D eigenvalue weighted by atomic mass is 9.81. The van der Waals surface area contributed by atoms with Crippen LogP contribution in [0.3, 0.4) is 0 Å². The SMILES string of the molecule is Cc1ccc(S(=O)(=O)N2C[C@@H](CO[Si](C(C)C)(C(C)C)C(C)C)C=C3c4cccc5c4c(cn5S(=O)(=O)c4ccc(C)cc4)C[C@@H]32)cc1. The smallest absolute Gasteiger partial charge is 0.268 e. The topological polar surface area (TPSA) is 85.7 Å². The van der Waals surface area contributed by atoms with Crippen molar-refractivity contribution in [2.24, 2.45) is 5.92 Å². The van der Waals surface area contributed by atoms with E-state index in [0.29, 0.717) is 35.2 Å². The van der Waals surface area contributed by atoms with E-state index in [-0.39, 0.29) is 22.3 Å². The van der Waals surface area contributed by atoms with Gasteiger partial charge in [0.15, 0.2) is 8.32 Å². The van der Waals surface area contributed by atoms with E-state index >= 15 is 0 Å². The van der Waals surface area contributed by atoms with Gasteiger partial charge in [0.25, 0.3) is 10.0 Å². The predicted molar refractivity (Wildman–Crippen MR) is 197 cm³/mol. The molecule has 1 aliphatic heterocycles. The Kier molecular flexibility index (Phi) is 9.21. The summed E-state index contributed by atoms with van der Waals surface area (Å²) in [5, 5.41) is 0.861. The summed E-state index contributed by atoms with van der Waals surface area (Å²) in [7, 11) is -10.0. The monoisotopic (exact) mass is 704 g/mol. The molecular weight excluding hydrogens is 657 g/mol. The molecule has 0 bridgehead atoms. The molecule has 0 N–H and O–H groups in total. The average Bonchev–Trinajstić information content (AvgIpc) is 3.41. The molecule has 0 radical (unpaired) electrons. The standard InChI is InChI=1S/C38H48N2O5S2Si/c1-25(2)48(26(3)4,27(5)6)45-24-30-20-35-34-10-9-11-36-38(34)31(23-40(36)47(43,44)33-18-14-29(8)15-19-33)21-37(35)39(22-30)46(41,42)32-16-12-28(7)13-17-32/h9-20,23,25-27,30,37H,21-22,24H2,1-8H3/t30-,37-/m0/s1. The predicted octanol–water partition coefficient (Wildman–Crippen LogP) is 8.32. The molecular formula is C38H48N2O5S2Si. The lowest BCUT2D eigenvalue weighted by molar-refractivity contribution is 0.208. The van der Waals surface area contributed by atoms with Gasteiger partial charge in [-0.3, -0.25) is 0 Å². The number of fused-ring (bicyclic) bond motifs is 2. The molecule has 48 heavy (non-hydrogen) atoms. The largest absolute Gasteiger partial charge is 0.415 e. The van der Waals surface area contributed by atoms with Crippen molar-refractivity contribution in [2.75, 3.05) is 13.2 Å². The first kappa shape index (κ1) is 34.8. The second-order valence-electron chi connectivity index (χ2n) is 14.6. The summed E-state index contributed by atoms with van der Waals surface area (Å²) in [5.74, 6) is -0.171. The number of sulfonamides is 1. The van der Waals surface area contributed by atoms with Gasteiger partial charge in [-0.05, 0) is 83.9 Å². The van der Waals surface area contributed by atoms with Crippen LogP contribution in [0.1, 0.15) is 63.8 Å². The number of hydrogen-bond acceptors (Lipinski definition) is 5. The van der Waals surface area contributed by atoms with E-state index in [4.69, 9.17) is 4.43 Å². The van der Waals surface area contributed by atoms with Crippen LogP contribution in [0.25, 0.3) is 16.5 Å². The summed E-state index contributed by atoms with van der Waals surface area (Å²) in [4.78, 5) is 0.472. The lowest BCUT2D eigenvalue weighted by Crippen LogP contribution is -2.51. The van der Waals surface area contributed by atoms with Crippen LogP contribution in [-0.4, -0.2) is 52.6 Å². The van der Waals surface area contributed by atoms with Crippen molar-refractivity contribution in [1.29, 1.82) is 0 Å². The van der Waals surface area contributed by atoms with Crippen LogP contribution in [0.15, 0.2) is 88.8 Å². The average molecular weight is 705 g/mol. The van der Waals surface area contributed by atoms with E-state index in [1.54, 1.807) is 46.9 Å². The Bertz CT molecular complexity index is 2060. The Labute approximate surface area is 287 Å². The van der Waals surface area contributed by atoms with Crippen LogP contribution in [-0.2, 0) is 30.9 Å². The minimum atomic E-state index is -3.90. The molecule has 0 saturated carbocycles. The fraction of sp³-hybridized carbons (Fsp3) is 0.421. The van der Waals surface area contributed by atoms with Crippen LogP contribution in [0.2, 0.25) is 16.6 Å². The molecule has 0 unspecified atom stereocenters. The van der Waals surface area contributed by atoms with Crippen molar-refractivity contribution in [3.8, 4) is 0 Å². The molecule has 2 heterocycles. The normalized spacial score (nSPS) is 18.9. The van der Waals surface area contributed by atoms with E-state index in [9.17, 15) is 16.8 Å². The van der Waals surface area contributed by atoms with E-state index in [2.05, 4.69) is 47.6 Å². The van der Waals surface area contributed by atoms with Crippen molar-refractivity contribution in [3.05, 3.63) is 101 Å². The molecule has 256 valence electrons. The Balaban J connectivity index is 1.49. The second kappa shape index (κ2) is 12.7. The van der Waals surface area contributed by atoms with Gasteiger partial charge in [0, 0.05) is 30.7 Å². The maximum absolute atomic E-state index is 14.5. The highest BCUT2D eigenvalue weighted by molar-refractivity contribution is 7.90. The van der Waals surface area contributed by atoms with Gasteiger partial charge in [-0.2, -0.15) is 4.31 Å². The molecule has 3 aromatic carbocycles. The van der Waals surface area contributed by atoms with Crippen molar-refractivity contribution in [1.82, 2.24) is 8.28 Å². The molecule has 6 rings (SSSR count). The molecule has 0 spiro atoms. The zero-order chi connectivity index (χ0) is 34.8. The fourth-order valence-corrected chi connectivity index (χ4v) is 16.9. The third-order valence-corrected chi connectivity index (χ3v) is 20.3. The van der Waals surface area contributed by atoms with Crippen LogP contribution in [0.5, 0.6) is 0 Å². The number of benzene rings is 3. The van der Waals surface area contributed by atoms with Crippen molar-refractivity contribution in [2.45, 2.75) is 94.3 Å². The molecule has 0 amide bonds. The Morgan fingerprint density at radius 2 is 1.31 bits per heavy atom. The first-order valence-corrected chi connectivity index (χ1v) is 22.0. The molecule has 2 atom stereocenters. The minimum Gasteiger partial charge on any atom is -0.415 e. The van der Waals surface area contributed by atoms with Crippen LogP contribution >= 0.6 is 0 Å². The van der Waals surface area contributed by atoms with Gasteiger partial charge < -0.3 is 4.43 Å². The van der Waals surface area contributed by atoms with E-state index < -0.39 is 34.4 Å². The Morgan fingerprint density at radius 1 is 0.771 bits per heavy atom. The van der Waals surface area contributed by atoms with Crippen LogP contribution in [0, 0.1) is 19.8 Å². The summed E-state index contributed by atoms with van der Waals surface area (Å²) in [6.07, 6.45) is 4.28. The first-order valence-electron chi connectivity index (χ1n) is 17.0. The molecule has 4 aromatic rings. The number of aromatic nitrogens is 1. The number of hydrogen-bond donors (Lipinski definition) is 0. The Hall–Kier alpha value is -3.02. The maximum Gasteiger partial charge on any atom is 0.268 e. The first-order chi connectivity index (χ1) is 22.6. The van der Waals surface area contributed by atoms with Gasteiger partial charge in [-0.15, -0.1) is 0 Å². The van der Waals surface area contributed by atoms with E-state index in [1.807, 2.05) is 44.2 Å². The highest BCUT2D eigenvalue weighted by Crippen LogP contribution is 2.46. The molecule has 0 fully saturated rings. The zero-order valence-electron chi connectivity index (χ0n) is 29.3. The minimum absolute atomic E-state index is 0.171. The highest BCUT2D eigenvalue weighted by atomic mass is 32.2. The quantitative estimate of drug-likeness (QED) is 0.155. The van der Waals surface area contributed by atoms with Crippen molar-refractivity contribution < 1.29 is 21.3 Å². The van der Waals surface area contributed by atoms with Crippen LogP contribution in [0.4, 0.5) is 0 Å². The van der Waals surface area contributed by atoms with E-state index in [1.165, 1.54) is 3.97 Å².